The van der Waals surface area contributed by atoms with E-state index in [9.17, 15) is 0 Å². The molecule has 1 aromatic carbocycles. The van der Waals surface area contributed by atoms with E-state index in [1.165, 1.54) is 45.1 Å². The Morgan fingerprint density at radius 3 is 2.25 bits per heavy atom. The molecule has 1 heteroatoms. The van der Waals surface area contributed by atoms with Crippen molar-refractivity contribution in [2.24, 2.45) is 11.3 Å². The Kier molecular flexibility index (Phi) is 4.16. The topological polar surface area (TPSA) is 12.0 Å². The highest BCUT2D eigenvalue weighted by Crippen LogP contribution is 2.51. The summed E-state index contributed by atoms with van der Waals surface area (Å²) in [7, 11) is 0. The van der Waals surface area contributed by atoms with Crippen LogP contribution in [0.4, 0.5) is 0 Å². The smallest absolute Gasteiger partial charge is 0.00677 e. The van der Waals surface area contributed by atoms with Crippen molar-refractivity contribution in [3.8, 4) is 0 Å². The van der Waals surface area contributed by atoms with E-state index in [2.05, 4.69) is 49.5 Å². The van der Waals surface area contributed by atoms with Gasteiger partial charge in [0.1, 0.15) is 0 Å². The third kappa shape index (κ3) is 3.09. The fourth-order valence-electron chi connectivity index (χ4n) is 3.82. The molecule has 0 amide bonds. The lowest BCUT2D eigenvalue weighted by molar-refractivity contribution is 0.281. The predicted molar refractivity (Wildman–Crippen MR) is 85.9 cm³/mol. The Morgan fingerprint density at radius 2 is 1.70 bits per heavy atom. The van der Waals surface area contributed by atoms with Crippen molar-refractivity contribution in [2.75, 3.05) is 6.54 Å². The minimum absolute atomic E-state index is 0.649. The lowest BCUT2D eigenvalue weighted by Crippen LogP contribution is -2.38. The average molecular weight is 271 g/mol. The maximum Gasteiger partial charge on any atom is 0.00677 e. The molecule has 0 saturated heterocycles. The predicted octanol–water partition coefficient (Wildman–Crippen LogP) is 4.74. The van der Waals surface area contributed by atoms with Crippen LogP contribution in [0.25, 0.3) is 0 Å². The van der Waals surface area contributed by atoms with Crippen molar-refractivity contribution < 1.29 is 0 Å². The van der Waals surface area contributed by atoms with Crippen LogP contribution >= 0.6 is 0 Å². The Bertz CT molecular complexity index is 411. The standard InChI is InChI=1S/C19H29N/c1-15(2)19(12-13-19)14-20-18-10-8-17(9-11-18)16-6-4-3-5-7-16/h3-7,15,17-18,20H,8-14H2,1-2H3. The van der Waals surface area contributed by atoms with E-state index in [0.29, 0.717) is 5.41 Å². The molecule has 1 N–H and O–H groups in total. The first kappa shape index (κ1) is 14.1. The molecule has 3 rings (SSSR count). The first-order valence-corrected chi connectivity index (χ1v) is 8.48. The molecular formula is C19H29N. The lowest BCUT2D eigenvalue weighted by atomic mass is 9.81. The van der Waals surface area contributed by atoms with Crippen LogP contribution in [0.5, 0.6) is 0 Å². The molecule has 0 aliphatic heterocycles. The van der Waals surface area contributed by atoms with Gasteiger partial charge < -0.3 is 5.32 Å². The van der Waals surface area contributed by atoms with E-state index >= 15 is 0 Å². The zero-order valence-corrected chi connectivity index (χ0v) is 13.1. The van der Waals surface area contributed by atoms with Gasteiger partial charge in [-0.1, -0.05) is 44.2 Å². The van der Waals surface area contributed by atoms with Gasteiger partial charge >= 0.3 is 0 Å². The van der Waals surface area contributed by atoms with Crippen LogP contribution in [0.2, 0.25) is 0 Å². The van der Waals surface area contributed by atoms with Crippen LogP contribution in [0.15, 0.2) is 30.3 Å². The van der Waals surface area contributed by atoms with E-state index in [1.807, 2.05) is 0 Å². The molecular weight excluding hydrogens is 242 g/mol. The Hall–Kier alpha value is -0.820. The van der Waals surface area contributed by atoms with Crippen LogP contribution in [0.1, 0.15) is 63.9 Å². The Labute approximate surface area is 124 Å². The number of benzene rings is 1. The molecule has 1 nitrogen and oxygen atoms in total. The molecule has 0 unspecified atom stereocenters. The minimum atomic E-state index is 0.649. The van der Waals surface area contributed by atoms with Crippen molar-refractivity contribution in [3.05, 3.63) is 35.9 Å². The summed E-state index contributed by atoms with van der Waals surface area (Å²) in [6.07, 6.45) is 8.31. The second-order valence-corrected chi connectivity index (χ2v) is 7.36. The average Bonchev–Trinajstić information content (AvgIpc) is 3.28. The highest BCUT2D eigenvalue weighted by Gasteiger charge is 2.45. The van der Waals surface area contributed by atoms with Crippen molar-refractivity contribution in [3.63, 3.8) is 0 Å². The molecule has 0 radical (unpaired) electrons. The van der Waals surface area contributed by atoms with E-state index in [1.54, 1.807) is 5.56 Å². The molecule has 0 spiro atoms. The van der Waals surface area contributed by atoms with Crippen LogP contribution in [-0.2, 0) is 0 Å². The Balaban J connectivity index is 1.45. The number of nitrogens with one attached hydrogen (secondary N) is 1. The summed E-state index contributed by atoms with van der Waals surface area (Å²) in [5.74, 6) is 1.64. The molecule has 0 atom stereocenters. The SMILES string of the molecule is CC(C)C1(CNC2CCC(c3ccccc3)CC2)CC1. The maximum atomic E-state index is 3.88. The molecule has 0 bridgehead atoms. The summed E-state index contributed by atoms with van der Waals surface area (Å²) in [5.41, 5.74) is 2.20. The highest BCUT2D eigenvalue weighted by atomic mass is 14.9. The van der Waals surface area contributed by atoms with Gasteiger partial charge in [0.15, 0.2) is 0 Å². The molecule has 20 heavy (non-hydrogen) atoms. The first-order valence-electron chi connectivity index (χ1n) is 8.48. The normalized spacial score (nSPS) is 28.6. The van der Waals surface area contributed by atoms with Crippen LogP contribution in [-0.4, -0.2) is 12.6 Å². The van der Waals surface area contributed by atoms with Crippen molar-refractivity contribution in [2.45, 2.75) is 64.3 Å². The van der Waals surface area contributed by atoms with Gasteiger partial charge in [-0.15, -0.1) is 0 Å². The van der Waals surface area contributed by atoms with Gasteiger partial charge in [0.25, 0.3) is 0 Å². The van der Waals surface area contributed by atoms with Crippen molar-refractivity contribution in [1.29, 1.82) is 0 Å². The zero-order valence-electron chi connectivity index (χ0n) is 13.1. The second-order valence-electron chi connectivity index (χ2n) is 7.36. The summed E-state index contributed by atoms with van der Waals surface area (Å²) in [6, 6.07) is 11.9. The Morgan fingerprint density at radius 1 is 1.05 bits per heavy atom. The van der Waals surface area contributed by atoms with Gasteiger partial charge in [0, 0.05) is 12.6 Å². The number of hydrogen-bond donors (Lipinski definition) is 1. The van der Waals surface area contributed by atoms with Crippen molar-refractivity contribution in [1.82, 2.24) is 5.32 Å². The molecule has 2 aliphatic rings. The molecule has 2 fully saturated rings. The molecule has 2 aliphatic carbocycles. The fourth-order valence-corrected chi connectivity index (χ4v) is 3.82. The van der Waals surface area contributed by atoms with E-state index in [4.69, 9.17) is 0 Å². The van der Waals surface area contributed by atoms with Gasteiger partial charge in [-0.2, -0.15) is 0 Å². The molecule has 1 aromatic rings. The van der Waals surface area contributed by atoms with Gasteiger partial charge in [-0.25, -0.2) is 0 Å². The summed E-state index contributed by atoms with van der Waals surface area (Å²) in [6.45, 7) is 6.04. The van der Waals surface area contributed by atoms with Crippen molar-refractivity contribution >= 4 is 0 Å². The van der Waals surface area contributed by atoms with E-state index < -0.39 is 0 Å². The minimum Gasteiger partial charge on any atom is -0.313 e. The largest absolute Gasteiger partial charge is 0.313 e. The van der Waals surface area contributed by atoms with Gasteiger partial charge in [-0.05, 0) is 61.3 Å². The molecule has 110 valence electrons. The fraction of sp³-hybridized carbons (Fsp3) is 0.684. The maximum absolute atomic E-state index is 3.88. The van der Waals surface area contributed by atoms with Crippen LogP contribution in [0, 0.1) is 11.3 Å². The second kappa shape index (κ2) is 5.89. The highest BCUT2D eigenvalue weighted by molar-refractivity contribution is 5.20. The van der Waals surface area contributed by atoms with Crippen LogP contribution < -0.4 is 5.32 Å². The van der Waals surface area contributed by atoms with Crippen LogP contribution in [0.3, 0.4) is 0 Å². The summed E-state index contributed by atoms with van der Waals surface area (Å²) in [5, 5.41) is 3.88. The van der Waals surface area contributed by atoms with E-state index in [0.717, 1.165) is 17.9 Å². The summed E-state index contributed by atoms with van der Waals surface area (Å²) >= 11 is 0. The van der Waals surface area contributed by atoms with Gasteiger partial charge in [0.2, 0.25) is 0 Å². The lowest BCUT2D eigenvalue weighted by Gasteiger charge is -2.31. The van der Waals surface area contributed by atoms with E-state index in [-0.39, 0.29) is 0 Å². The zero-order chi connectivity index (χ0) is 14.0. The third-order valence-electron chi connectivity index (χ3n) is 5.86. The monoisotopic (exact) mass is 271 g/mol. The summed E-state index contributed by atoms with van der Waals surface area (Å²) < 4.78 is 0. The molecule has 0 aromatic heterocycles. The summed E-state index contributed by atoms with van der Waals surface area (Å²) in [4.78, 5) is 0. The van der Waals surface area contributed by atoms with Gasteiger partial charge in [-0.3, -0.25) is 0 Å². The van der Waals surface area contributed by atoms with Gasteiger partial charge in [0.05, 0.1) is 0 Å². The first-order chi connectivity index (χ1) is 9.70. The quantitative estimate of drug-likeness (QED) is 0.815. The third-order valence-corrected chi connectivity index (χ3v) is 5.86. The molecule has 2 saturated carbocycles. The number of rotatable bonds is 5. The molecule has 0 heterocycles. The number of hydrogen-bond acceptors (Lipinski definition) is 1.